The van der Waals surface area contributed by atoms with Crippen LogP contribution in [0.4, 0.5) is 0 Å². The van der Waals surface area contributed by atoms with Crippen molar-refractivity contribution in [2.24, 2.45) is 16.5 Å². The zero-order chi connectivity index (χ0) is 21.1. The van der Waals surface area contributed by atoms with E-state index in [9.17, 15) is 15.0 Å². The van der Waals surface area contributed by atoms with Gasteiger partial charge in [-0.05, 0) is 32.4 Å². The van der Waals surface area contributed by atoms with E-state index in [0.717, 1.165) is 5.56 Å². The standard InChI is InChI=1S/C19H26N6O4/c1-4-12-13-18(24-16(20)23-13)19(27,28)14(10(3)25(18)17(21)22-12)29-15(26)11-7-5-9(2)6-8-11/h5-8,10,12-14,27-28H,4H2,1-3H3,(H5,20,21,22,23,24)/p+1/t10-,12-,13-,14-,18-/m0/s1. The van der Waals surface area contributed by atoms with E-state index in [-0.39, 0.29) is 18.0 Å². The van der Waals surface area contributed by atoms with E-state index < -0.39 is 35.6 Å². The highest BCUT2D eigenvalue weighted by Crippen LogP contribution is 2.45. The number of esters is 1. The number of carbonyl (C=O) groups excluding carboxylic acids is 1. The third-order valence-corrected chi connectivity index (χ3v) is 6.14. The molecule has 1 fully saturated rings. The Morgan fingerprint density at radius 2 is 1.97 bits per heavy atom. The first-order chi connectivity index (χ1) is 13.6. The molecule has 3 heterocycles. The summed E-state index contributed by atoms with van der Waals surface area (Å²) in [6, 6.07) is 5.23. The molecule has 10 nitrogen and oxygen atoms in total. The van der Waals surface area contributed by atoms with E-state index in [4.69, 9.17) is 16.2 Å². The van der Waals surface area contributed by atoms with Crippen molar-refractivity contribution in [3.05, 3.63) is 35.4 Å². The lowest BCUT2D eigenvalue weighted by Crippen LogP contribution is -2.78. The van der Waals surface area contributed by atoms with Crippen LogP contribution in [0, 0.1) is 6.92 Å². The summed E-state index contributed by atoms with van der Waals surface area (Å²) in [7, 11) is 0. The Balaban J connectivity index is 1.75. The minimum Gasteiger partial charge on any atom is -0.449 e. The Kier molecular flexibility index (Phi) is 4.25. The van der Waals surface area contributed by atoms with Gasteiger partial charge in [0.05, 0.1) is 5.56 Å². The normalized spacial score (nSPS) is 34.6. The van der Waals surface area contributed by atoms with Gasteiger partial charge in [0, 0.05) is 0 Å². The maximum absolute atomic E-state index is 12.7. The largest absolute Gasteiger partial charge is 0.449 e. The third-order valence-electron chi connectivity index (χ3n) is 6.14. The first kappa shape index (κ1) is 19.5. The van der Waals surface area contributed by atoms with Gasteiger partial charge < -0.3 is 26.0 Å². The molecule has 1 aromatic rings. The Morgan fingerprint density at radius 1 is 1.31 bits per heavy atom. The molecule has 0 bridgehead atoms. The zero-order valence-corrected chi connectivity index (χ0v) is 16.6. The first-order valence-corrected chi connectivity index (χ1v) is 9.65. The molecule has 8 N–H and O–H groups in total. The van der Waals surface area contributed by atoms with Crippen LogP contribution in [0.3, 0.4) is 0 Å². The first-order valence-electron chi connectivity index (χ1n) is 9.65. The summed E-state index contributed by atoms with van der Waals surface area (Å²) < 4.78 is 7.17. The minimum atomic E-state index is -2.51. The number of aryl methyl sites for hydroxylation is 1. The summed E-state index contributed by atoms with van der Waals surface area (Å²) in [4.78, 5) is 17.1. The average molecular weight is 403 g/mol. The quantitative estimate of drug-likeness (QED) is 0.198. The summed E-state index contributed by atoms with van der Waals surface area (Å²) in [5.74, 6) is -2.87. The zero-order valence-electron chi connectivity index (χ0n) is 16.6. The van der Waals surface area contributed by atoms with E-state index in [1.54, 1.807) is 35.8 Å². The van der Waals surface area contributed by atoms with Crippen molar-refractivity contribution in [1.29, 1.82) is 0 Å². The smallest absolute Gasteiger partial charge is 0.346 e. The van der Waals surface area contributed by atoms with Gasteiger partial charge in [0.2, 0.25) is 5.66 Å². The van der Waals surface area contributed by atoms with Crippen LogP contribution in [0.25, 0.3) is 0 Å². The van der Waals surface area contributed by atoms with Crippen molar-refractivity contribution in [3.8, 4) is 0 Å². The predicted octanol–water partition coefficient (Wildman–Crippen LogP) is -1.70. The molecule has 29 heavy (non-hydrogen) atoms. The molecule has 0 aromatic heterocycles. The minimum absolute atomic E-state index is 0.0696. The fourth-order valence-electron chi connectivity index (χ4n) is 4.75. The monoisotopic (exact) mass is 403 g/mol. The molecule has 0 saturated carbocycles. The molecule has 3 aliphatic rings. The maximum atomic E-state index is 12.7. The number of carbonyl (C=O) groups is 1. The summed E-state index contributed by atoms with van der Waals surface area (Å²) in [6.45, 7) is 5.54. The number of aliphatic imine (C=N–C) groups is 1. The maximum Gasteiger partial charge on any atom is 0.346 e. The van der Waals surface area contributed by atoms with Crippen LogP contribution in [-0.2, 0) is 4.74 Å². The topological polar surface area (TPSA) is 158 Å². The summed E-state index contributed by atoms with van der Waals surface area (Å²) >= 11 is 0. The summed E-state index contributed by atoms with van der Waals surface area (Å²) in [5.41, 5.74) is 11.9. The highest BCUT2D eigenvalue weighted by atomic mass is 16.6. The van der Waals surface area contributed by atoms with Crippen molar-refractivity contribution >= 4 is 17.9 Å². The van der Waals surface area contributed by atoms with Gasteiger partial charge >= 0.3 is 11.9 Å². The number of hydrogen-bond donors (Lipinski definition) is 6. The number of nitrogens with one attached hydrogen (secondary N) is 2. The second kappa shape index (κ2) is 6.33. The Bertz CT molecular complexity index is 912. The van der Waals surface area contributed by atoms with E-state index in [2.05, 4.69) is 15.6 Å². The number of nitrogens with two attached hydrogens (primary N) is 2. The molecule has 10 heteroatoms. The second-order valence-corrected chi connectivity index (χ2v) is 7.92. The molecule has 0 aliphatic carbocycles. The van der Waals surface area contributed by atoms with E-state index in [0.29, 0.717) is 12.0 Å². The number of rotatable bonds is 3. The van der Waals surface area contributed by atoms with Crippen LogP contribution in [-0.4, -0.2) is 68.4 Å². The number of benzene rings is 1. The Morgan fingerprint density at radius 3 is 2.59 bits per heavy atom. The van der Waals surface area contributed by atoms with Crippen molar-refractivity contribution < 1.29 is 24.3 Å². The van der Waals surface area contributed by atoms with Gasteiger partial charge in [-0.15, -0.1) is 0 Å². The Hall–Kier alpha value is -2.85. The van der Waals surface area contributed by atoms with Crippen molar-refractivity contribution in [1.82, 2.24) is 10.6 Å². The third kappa shape index (κ3) is 2.52. The van der Waals surface area contributed by atoms with Crippen LogP contribution in [0.15, 0.2) is 29.3 Å². The van der Waals surface area contributed by atoms with Gasteiger partial charge in [-0.1, -0.05) is 24.6 Å². The molecule has 0 unspecified atom stereocenters. The van der Waals surface area contributed by atoms with Gasteiger partial charge in [0.25, 0.3) is 5.79 Å². The molecular formula is C19H27N6O4+. The van der Waals surface area contributed by atoms with Gasteiger partial charge in [-0.2, -0.15) is 0 Å². The van der Waals surface area contributed by atoms with E-state index >= 15 is 0 Å². The lowest BCUT2D eigenvalue weighted by molar-refractivity contribution is -0.646. The molecule has 156 valence electrons. The molecule has 0 amide bonds. The van der Waals surface area contributed by atoms with Crippen LogP contribution in [0.5, 0.6) is 0 Å². The SMILES string of the molecule is CC[C@@H]1NC(N)=[N+]2[C@@H](C)[C@H](OC(=O)c3ccc(C)cc3)C(O)(O)[C@@]23NC(N)=N[C@@H]13. The Labute approximate surface area is 168 Å². The lowest BCUT2D eigenvalue weighted by atomic mass is 9.85. The van der Waals surface area contributed by atoms with Gasteiger partial charge in [0.15, 0.2) is 12.1 Å². The molecule has 1 spiro atoms. The molecular weight excluding hydrogens is 376 g/mol. The highest BCUT2D eigenvalue weighted by Gasteiger charge is 2.78. The highest BCUT2D eigenvalue weighted by molar-refractivity contribution is 5.89. The molecule has 4 rings (SSSR count). The summed E-state index contributed by atoms with van der Waals surface area (Å²) in [5, 5.41) is 28.7. The number of hydrogen-bond acceptors (Lipinski definition) is 9. The van der Waals surface area contributed by atoms with Crippen LogP contribution in [0.2, 0.25) is 0 Å². The predicted molar refractivity (Wildman–Crippen MR) is 105 cm³/mol. The number of nitrogens with zero attached hydrogens (tertiary/aromatic N) is 2. The van der Waals surface area contributed by atoms with Crippen molar-refractivity contribution in [3.63, 3.8) is 0 Å². The number of guanidine groups is 2. The second-order valence-electron chi connectivity index (χ2n) is 7.92. The molecule has 1 saturated heterocycles. The average Bonchev–Trinajstić information content (AvgIpc) is 3.10. The fourth-order valence-corrected chi connectivity index (χ4v) is 4.75. The molecule has 5 atom stereocenters. The lowest BCUT2D eigenvalue weighted by Gasteiger charge is -2.43. The molecule has 3 aliphatic heterocycles. The molecule has 0 radical (unpaired) electrons. The van der Waals surface area contributed by atoms with Crippen molar-refractivity contribution in [2.75, 3.05) is 0 Å². The van der Waals surface area contributed by atoms with Crippen molar-refractivity contribution in [2.45, 2.75) is 62.9 Å². The fraction of sp³-hybridized carbons (Fsp3) is 0.526. The van der Waals surface area contributed by atoms with Crippen LogP contribution >= 0.6 is 0 Å². The number of aliphatic hydroxyl groups is 2. The van der Waals surface area contributed by atoms with Crippen LogP contribution < -0.4 is 22.1 Å². The summed E-state index contributed by atoms with van der Waals surface area (Å²) in [6.07, 6.45) is -0.680. The van der Waals surface area contributed by atoms with E-state index in [1.165, 1.54) is 0 Å². The van der Waals surface area contributed by atoms with Gasteiger partial charge in [-0.3, -0.25) is 11.1 Å². The van der Waals surface area contributed by atoms with Gasteiger partial charge in [0.1, 0.15) is 18.1 Å². The molecule has 1 aromatic carbocycles. The van der Waals surface area contributed by atoms with E-state index in [1.807, 2.05) is 13.8 Å². The van der Waals surface area contributed by atoms with Gasteiger partial charge in [-0.25, -0.2) is 14.4 Å². The number of ether oxygens (including phenoxy) is 1. The van der Waals surface area contributed by atoms with Crippen LogP contribution in [0.1, 0.15) is 36.2 Å².